The maximum atomic E-state index is 4.58. The number of guanidine groups is 1. The number of anilines is 1. The average Bonchev–Trinajstić information content (AvgIpc) is 2.72. The lowest BCUT2D eigenvalue weighted by molar-refractivity contribution is 0.250. The van der Waals surface area contributed by atoms with Gasteiger partial charge in [-0.05, 0) is 62.3 Å². The fourth-order valence-corrected chi connectivity index (χ4v) is 4.28. The monoisotopic (exact) mass is 514 g/mol. The topological polar surface area (TPSA) is 55.8 Å². The van der Waals surface area contributed by atoms with E-state index in [-0.39, 0.29) is 24.0 Å². The van der Waals surface area contributed by atoms with Gasteiger partial charge in [0.1, 0.15) is 5.82 Å². The Hall–Kier alpha value is -1.09. The summed E-state index contributed by atoms with van der Waals surface area (Å²) in [5.74, 6) is 3.69. The van der Waals surface area contributed by atoms with E-state index < -0.39 is 0 Å². The maximum Gasteiger partial charge on any atom is 0.191 e. The standard InChI is InChI=1S/C22H38N6.HI/c1-17(2)19-5-7-20(8-6-19)26-22(23-3)25-16-18-9-10-24-21(15-18)28-13-11-27(4)12-14-28;/h9-10,15,17,19-20H,5-8,11-14,16H2,1-4H3,(H2,23,25,26);1H. The Kier molecular flexibility index (Phi) is 9.95. The Balaban J connectivity index is 0.00000300. The number of aromatic nitrogens is 1. The molecule has 2 fully saturated rings. The number of piperazine rings is 1. The van der Waals surface area contributed by atoms with Gasteiger partial charge in [-0.25, -0.2) is 4.98 Å². The van der Waals surface area contributed by atoms with Crippen LogP contribution in [0.15, 0.2) is 23.3 Å². The van der Waals surface area contributed by atoms with Crippen LogP contribution in [-0.4, -0.2) is 62.2 Å². The summed E-state index contributed by atoms with van der Waals surface area (Å²) in [4.78, 5) is 13.8. The molecule has 0 radical (unpaired) electrons. The van der Waals surface area contributed by atoms with E-state index in [2.05, 4.69) is 63.4 Å². The molecule has 3 rings (SSSR count). The van der Waals surface area contributed by atoms with E-state index in [1.807, 2.05) is 13.2 Å². The van der Waals surface area contributed by atoms with Crippen LogP contribution >= 0.6 is 24.0 Å². The molecule has 0 amide bonds. The first-order valence-electron chi connectivity index (χ1n) is 10.9. The maximum absolute atomic E-state index is 4.58. The Morgan fingerprint density at radius 1 is 1.17 bits per heavy atom. The summed E-state index contributed by atoms with van der Waals surface area (Å²) in [6, 6.07) is 4.84. The van der Waals surface area contributed by atoms with E-state index in [0.717, 1.165) is 56.3 Å². The summed E-state index contributed by atoms with van der Waals surface area (Å²) >= 11 is 0. The van der Waals surface area contributed by atoms with Crippen molar-refractivity contribution in [1.82, 2.24) is 20.5 Å². The molecule has 7 heteroatoms. The van der Waals surface area contributed by atoms with Crippen molar-refractivity contribution < 1.29 is 0 Å². The van der Waals surface area contributed by atoms with Crippen LogP contribution in [0.4, 0.5) is 5.82 Å². The molecule has 0 aromatic carbocycles. The third kappa shape index (κ3) is 7.27. The molecule has 164 valence electrons. The summed E-state index contributed by atoms with van der Waals surface area (Å²) in [7, 11) is 4.04. The first-order valence-corrected chi connectivity index (χ1v) is 10.9. The highest BCUT2D eigenvalue weighted by Crippen LogP contribution is 2.29. The highest BCUT2D eigenvalue weighted by atomic mass is 127. The number of pyridine rings is 1. The number of nitrogens with zero attached hydrogens (tertiary/aromatic N) is 4. The second-order valence-corrected chi connectivity index (χ2v) is 8.74. The number of halogens is 1. The van der Waals surface area contributed by atoms with Gasteiger partial charge in [-0.1, -0.05) is 13.8 Å². The molecule has 29 heavy (non-hydrogen) atoms. The largest absolute Gasteiger partial charge is 0.354 e. The predicted octanol–water partition coefficient (Wildman–Crippen LogP) is 3.33. The van der Waals surface area contributed by atoms with Crippen molar-refractivity contribution >= 4 is 35.8 Å². The van der Waals surface area contributed by atoms with Crippen molar-refractivity contribution in [2.24, 2.45) is 16.8 Å². The Morgan fingerprint density at radius 3 is 2.48 bits per heavy atom. The van der Waals surface area contributed by atoms with Gasteiger partial charge in [-0.15, -0.1) is 24.0 Å². The minimum Gasteiger partial charge on any atom is -0.354 e. The molecule has 1 saturated heterocycles. The molecule has 0 atom stereocenters. The van der Waals surface area contributed by atoms with Gasteiger partial charge in [0.2, 0.25) is 0 Å². The van der Waals surface area contributed by atoms with Crippen LogP contribution in [0, 0.1) is 11.8 Å². The molecule has 2 heterocycles. The second kappa shape index (κ2) is 11.9. The lowest BCUT2D eigenvalue weighted by atomic mass is 9.80. The fraction of sp³-hybridized carbons (Fsp3) is 0.727. The van der Waals surface area contributed by atoms with Gasteiger partial charge in [-0.3, -0.25) is 4.99 Å². The number of hydrogen-bond acceptors (Lipinski definition) is 4. The van der Waals surface area contributed by atoms with Gasteiger partial charge in [-0.2, -0.15) is 0 Å². The van der Waals surface area contributed by atoms with Gasteiger partial charge in [0, 0.05) is 52.0 Å². The van der Waals surface area contributed by atoms with Crippen LogP contribution in [0.1, 0.15) is 45.1 Å². The normalized spacial score (nSPS) is 23.6. The molecule has 1 aliphatic carbocycles. The zero-order valence-corrected chi connectivity index (χ0v) is 20.9. The lowest BCUT2D eigenvalue weighted by Gasteiger charge is -2.33. The van der Waals surface area contributed by atoms with Crippen LogP contribution in [0.2, 0.25) is 0 Å². The van der Waals surface area contributed by atoms with E-state index in [1.54, 1.807) is 0 Å². The highest BCUT2D eigenvalue weighted by molar-refractivity contribution is 14.0. The van der Waals surface area contributed by atoms with Crippen LogP contribution < -0.4 is 15.5 Å². The molecule has 1 saturated carbocycles. The van der Waals surface area contributed by atoms with Crippen molar-refractivity contribution in [3.63, 3.8) is 0 Å². The van der Waals surface area contributed by atoms with Gasteiger partial charge >= 0.3 is 0 Å². The molecule has 1 aliphatic heterocycles. The van der Waals surface area contributed by atoms with E-state index >= 15 is 0 Å². The molecule has 0 spiro atoms. The van der Waals surface area contributed by atoms with E-state index in [9.17, 15) is 0 Å². The summed E-state index contributed by atoms with van der Waals surface area (Å²) in [5.41, 5.74) is 1.25. The SMILES string of the molecule is CN=C(NCc1ccnc(N2CCN(C)CC2)c1)NC1CCC(C(C)C)CC1.I. The molecule has 1 aromatic rings. The van der Waals surface area contributed by atoms with Gasteiger partial charge in [0.05, 0.1) is 0 Å². The molecule has 2 aliphatic rings. The van der Waals surface area contributed by atoms with Crippen molar-refractivity contribution in [3.8, 4) is 0 Å². The van der Waals surface area contributed by atoms with Gasteiger partial charge < -0.3 is 20.4 Å². The Bertz CT molecular complexity index is 634. The first-order chi connectivity index (χ1) is 13.5. The fourth-order valence-electron chi connectivity index (χ4n) is 4.28. The van der Waals surface area contributed by atoms with Crippen LogP contribution in [0.5, 0.6) is 0 Å². The Morgan fingerprint density at radius 2 is 1.86 bits per heavy atom. The van der Waals surface area contributed by atoms with E-state index in [4.69, 9.17) is 0 Å². The number of aliphatic imine (C=N–C) groups is 1. The number of likely N-dealkylation sites (N-methyl/N-ethyl adjacent to an activating group) is 1. The minimum absolute atomic E-state index is 0. The zero-order chi connectivity index (χ0) is 19.9. The lowest BCUT2D eigenvalue weighted by Crippen LogP contribution is -2.45. The summed E-state index contributed by atoms with van der Waals surface area (Å²) in [5, 5.41) is 7.11. The second-order valence-electron chi connectivity index (χ2n) is 8.74. The third-order valence-electron chi connectivity index (χ3n) is 6.38. The number of rotatable bonds is 5. The van der Waals surface area contributed by atoms with Crippen molar-refractivity contribution in [1.29, 1.82) is 0 Å². The molecule has 1 aromatic heterocycles. The molecular formula is C22H39IN6. The Labute approximate surface area is 194 Å². The van der Waals surface area contributed by atoms with E-state index in [1.165, 1.54) is 31.2 Å². The smallest absolute Gasteiger partial charge is 0.191 e. The molecular weight excluding hydrogens is 475 g/mol. The minimum atomic E-state index is 0. The molecule has 0 unspecified atom stereocenters. The van der Waals surface area contributed by atoms with Gasteiger partial charge in [0.25, 0.3) is 0 Å². The van der Waals surface area contributed by atoms with Gasteiger partial charge in [0.15, 0.2) is 5.96 Å². The van der Waals surface area contributed by atoms with Crippen LogP contribution in [-0.2, 0) is 6.54 Å². The molecule has 6 nitrogen and oxygen atoms in total. The van der Waals surface area contributed by atoms with Crippen molar-refractivity contribution in [2.75, 3.05) is 45.2 Å². The van der Waals surface area contributed by atoms with Crippen LogP contribution in [0.25, 0.3) is 0 Å². The third-order valence-corrected chi connectivity index (χ3v) is 6.38. The number of nitrogens with one attached hydrogen (secondary N) is 2. The quantitative estimate of drug-likeness (QED) is 0.359. The summed E-state index contributed by atoms with van der Waals surface area (Å²) in [6.07, 6.45) is 7.06. The molecule has 0 bridgehead atoms. The van der Waals surface area contributed by atoms with Crippen molar-refractivity contribution in [2.45, 2.75) is 52.1 Å². The van der Waals surface area contributed by atoms with Crippen LogP contribution in [0.3, 0.4) is 0 Å². The summed E-state index contributed by atoms with van der Waals surface area (Å²) < 4.78 is 0. The zero-order valence-electron chi connectivity index (χ0n) is 18.5. The summed E-state index contributed by atoms with van der Waals surface area (Å²) in [6.45, 7) is 9.75. The predicted molar refractivity (Wildman–Crippen MR) is 133 cm³/mol. The molecule has 2 N–H and O–H groups in total. The average molecular weight is 515 g/mol. The van der Waals surface area contributed by atoms with Crippen molar-refractivity contribution in [3.05, 3.63) is 23.9 Å². The van der Waals surface area contributed by atoms with E-state index in [0.29, 0.717) is 6.04 Å². The first kappa shape index (κ1) is 24.2. The number of hydrogen-bond donors (Lipinski definition) is 2. The highest BCUT2D eigenvalue weighted by Gasteiger charge is 2.23.